The lowest BCUT2D eigenvalue weighted by molar-refractivity contribution is -0.141. The molecule has 2 N–H and O–H groups in total. The number of rotatable bonds is 4. The summed E-state index contributed by atoms with van der Waals surface area (Å²) in [6, 6.07) is 2.02. The molecule has 1 aliphatic rings. The lowest BCUT2D eigenvalue weighted by Crippen LogP contribution is -2.32. The molecule has 1 fully saturated rings. The van der Waals surface area contributed by atoms with Gasteiger partial charge in [-0.05, 0) is 6.92 Å². The van der Waals surface area contributed by atoms with Gasteiger partial charge >= 0.3 is 12.3 Å². The summed E-state index contributed by atoms with van der Waals surface area (Å²) in [6.07, 6.45) is -6.78. The number of nitrogens with zero attached hydrogens (tertiary/aromatic N) is 3. The highest BCUT2D eigenvalue weighted by molar-refractivity contribution is 5.96. The molecule has 0 aliphatic carbocycles. The Balaban J connectivity index is 2.12. The van der Waals surface area contributed by atoms with Crippen molar-refractivity contribution in [2.45, 2.75) is 25.7 Å². The molecule has 0 unspecified atom stereocenters. The lowest BCUT2D eigenvalue weighted by Gasteiger charge is -2.13. The Morgan fingerprint density at radius 1 is 1.41 bits per heavy atom. The number of hydrogen-bond donors (Lipinski definition) is 1. The largest absolute Gasteiger partial charge is 0.434 e. The smallest absolute Gasteiger partial charge is 0.415 e. The van der Waals surface area contributed by atoms with Gasteiger partial charge in [-0.3, -0.25) is 14.3 Å². The third-order valence-corrected chi connectivity index (χ3v) is 3.79. The van der Waals surface area contributed by atoms with E-state index in [1.54, 1.807) is 6.92 Å². The molecule has 3 rings (SSSR count). The third-order valence-electron chi connectivity index (χ3n) is 3.79. The summed E-state index contributed by atoms with van der Waals surface area (Å²) in [6.45, 7) is -0.0544. The van der Waals surface area contributed by atoms with E-state index in [4.69, 9.17) is 14.9 Å². The van der Waals surface area contributed by atoms with E-state index in [9.17, 15) is 27.2 Å². The Morgan fingerprint density at radius 3 is 2.67 bits per heavy atom. The van der Waals surface area contributed by atoms with E-state index in [-0.39, 0.29) is 24.4 Å². The molecular formula is C15H14F4N4O4. The summed E-state index contributed by atoms with van der Waals surface area (Å²) in [4.78, 5) is 27.8. The number of hydrogen-bond acceptors (Lipinski definition) is 5. The average molecular weight is 390 g/mol. The number of ether oxygens (including phenoxy) is 1. The fraction of sp³-hybridized carbons (Fsp3) is 0.400. The van der Waals surface area contributed by atoms with Crippen LogP contribution < -0.4 is 16.3 Å². The van der Waals surface area contributed by atoms with Crippen molar-refractivity contribution in [2.24, 2.45) is 10.7 Å². The van der Waals surface area contributed by atoms with Gasteiger partial charge in [0.05, 0.1) is 12.2 Å². The van der Waals surface area contributed by atoms with Gasteiger partial charge in [-0.1, -0.05) is 0 Å². The minimum atomic E-state index is -4.63. The summed E-state index contributed by atoms with van der Waals surface area (Å²) in [5.41, 5.74) is 3.94. The number of amides is 2. The van der Waals surface area contributed by atoms with Crippen LogP contribution in [0.4, 0.5) is 28.0 Å². The first-order chi connectivity index (χ1) is 12.6. The van der Waals surface area contributed by atoms with Gasteiger partial charge in [-0.25, -0.2) is 14.2 Å². The van der Waals surface area contributed by atoms with Crippen LogP contribution in [0.2, 0.25) is 0 Å². The molecule has 0 spiro atoms. The quantitative estimate of drug-likeness (QED) is 0.802. The van der Waals surface area contributed by atoms with Crippen LogP contribution in [0.3, 0.4) is 0 Å². The number of aromatic nitrogens is 1. The predicted molar refractivity (Wildman–Crippen MR) is 83.1 cm³/mol. The number of carbonyl (C=O) groups is 2. The Hall–Kier alpha value is -3.05. The Morgan fingerprint density at radius 2 is 2.11 bits per heavy atom. The van der Waals surface area contributed by atoms with Crippen molar-refractivity contribution >= 4 is 28.8 Å². The number of nitrogens with two attached hydrogens (primary N) is 1. The molecule has 0 saturated carbocycles. The lowest BCUT2D eigenvalue weighted by atomic mass is 10.2. The van der Waals surface area contributed by atoms with Crippen molar-refractivity contribution in [3.63, 3.8) is 0 Å². The SMILES string of the molecule is CCN=c1oc2cc(N3C[C@H](C(N)=O)OC3=O)cc(F)c2n1CC(F)(F)F. The van der Waals surface area contributed by atoms with Crippen LogP contribution in [0.25, 0.3) is 11.1 Å². The molecule has 2 amide bonds. The number of primary amides is 1. The van der Waals surface area contributed by atoms with Gasteiger partial charge in [-0.2, -0.15) is 13.2 Å². The first kappa shape index (κ1) is 18.7. The van der Waals surface area contributed by atoms with E-state index in [0.717, 1.165) is 11.0 Å². The molecule has 12 heteroatoms. The highest BCUT2D eigenvalue weighted by atomic mass is 19.4. The molecule has 1 aromatic heterocycles. The maximum Gasteiger partial charge on any atom is 0.415 e. The van der Waals surface area contributed by atoms with Crippen molar-refractivity contribution < 1.29 is 36.3 Å². The number of halogens is 4. The van der Waals surface area contributed by atoms with Crippen LogP contribution in [0.5, 0.6) is 0 Å². The van der Waals surface area contributed by atoms with Gasteiger partial charge in [0.25, 0.3) is 11.6 Å². The number of alkyl halides is 3. The van der Waals surface area contributed by atoms with E-state index in [2.05, 4.69) is 4.99 Å². The van der Waals surface area contributed by atoms with Gasteiger partial charge < -0.3 is 14.9 Å². The van der Waals surface area contributed by atoms with Gasteiger partial charge in [0.1, 0.15) is 12.1 Å². The van der Waals surface area contributed by atoms with E-state index in [1.807, 2.05) is 0 Å². The van der Waals surface area contributed by atoms with Crippen LogP contribution in [0.15, 0.2) is 21.5 Å². The average Bonchev–Trinajstić information content (AvgIpc) is 3.08. The maximum atomic E-state index is 14.6. The van der Waals surface area contributed by atoms with Crippen molar-refractivity contribution in [2.75, 3.05) is 18.0 Å². The second-order valence-electron chi connectivity index (χ2n) is 5.72. The Labute approximate surface area is 148 Å². The van der Waals surface area contributed by atoms with Gasteiger partial charge in [0.2, 0.25) is 0 Å². The van der Waals surface area contributed by atoms with Crippen LogP contribution in [0, 0.1) is 5.82 Å². The van der Waals surface area contributed by atoms with Gasteiger partial charge in [0.15, 0.2) is 17.5 Å². The zero-order chi connectivity index (χ0) is 19.9. The number of carbonyl (C=O) groups excluding carboxylic acids is 2. The summed E-state index contributed by atoms with van der Waals surface area (Å²) in [5.74, 6) is -1.93. The van der Waals surface area contributed by atoms with Crippen LogP contribution in [-0.2, 0) is 16.1 Å². The molecular weight excluding hydrogens is 376 g/mol. The van der Waals surface area contributed by atoms with E-state index in [0.29, 0.717) is 4.57 Å². The normalized spacial score (nSPS) is 18.4. The Kier molecular flexibility index (Phi) is 4.57. The molecule has 27 heavy (non-hydrogen) atoms. The van der Waals surface area contributed by atoms with Gasteiger partial charge in [0, 0.05) is 18.7 Å². The summed E-state index contributed by atoms with van der Waals surface area (Å²) in [7, 11) is 0. The highest BCUT2D eigenvalue weighted by Crippen LogP contribution is 2.29. The number of oxazole rings is 1. The van der Waals surface area contributed by atoms with Crippen molar-refractivity contribution in [3.05, 3.63) is 23.6 Å². The monoisotopic (exact) mass is 390 g/mol. The number of fused-ring (bicyclic) bond motifs is 1. The number of cyclic esters (lactones) is 1. The second kappa shape index (κ2) is 6.59. The molecule has 0 radical (unpaired) electrons. The summed E-state index contributed by atoms with van der Waals surface area (Å²) in [5, 5.41) is 0. The van der Waals surface area contributed by atoms with Gasteiger partial charge in [-0.15, -0.1) is 0 Å². The number of benzene rings is 1. The molecule has 1 atom stereocenters. The molecule has 2 heterocycles. The van der Waals surface area contributed by atoms with E-state index >= 15 is 0 Å². The van der Waals surface area contributed by atoms with Crippen molar-refractivity contribution in [3.8, 4) is 0 Å². The fourth-order valence-electron chi connectivity index (χ4n) is 2.71. The molecule has 1 saturated heterocycles. The Bertz CT molecular complexity index is 979. The summed E-state index contributed by atoms with van der Waals surface area (Å²) >= 11 is 0. The fourth-order valence-corrected chi connectivity index (χ4v) is 2.71. The summed E-state index contributed by atoms with van der Waals surface area (Å²) < 4.78 is 63.8. The van der Waals surface area contributed by atoms with E-state index in [1.165, 1.54) is 6.07 Å². The third kappa shape index (κ3) is 3.59. The predicted octanol–water partition coefficient (Wildman–Crippen LogP) is 1.67. The minimum Gasteiger partial charge on any atom is -0.434 e. The zero-order valence-corrected chi connectivity index (χ0v) is 13.9. The van der Waals surface area contributed by atoms with Crippen molar-refractivity contribution in [1.29, 1.82) is 0 Å². The number of anilines is 1. The van der Waals surface area contributed by atoms with Crippen LogP contribution in [-0.4, -0.2) is 41.9 Å². The van der Waals surface area contributed by atoms with E-state index < -0.39 is 47.8 Å². The first-order valence-electron chi connectivity index (χ1n) is 7.78. The van der Waals surface area contributed by atoms with Crippen molar-refractivity contribution in [1.82, 2.24) is 4.57 Å². The molecule has 2 aromatic rings. The van der Waals surface area contributed by atoms with Crippen LogP contribution in [0.1, 0.15) is 6.92 Å². The van der Waals surface area contributed by atoms with Crippen LogP contribution >= 0.6 is 0 Å². The topological polar surface area (TPSA) is 103 Å². The molecule has 8 nitrogen and oxygen atoms in total. The highest BCUT2D eigenvalue weighted by Gasteiger charge is 2.37. The molecule has 146 valence electrons. The molecule has 1 aliphatic heterocycles. The maximum absolute atomic E-state index is 14.6. The standard InChI is InChI=1S/C15H14F4N4O4/c1-2-21-13-23(6-15(17,18)19)11-8(16)3-7(4-9(11)26-13)22-5-10(12(20)24)27-14(22)25/h3-4,10H,2,5-6H2,1H3,(H2,20,24)/t10-/m1/s1. The zero-order valence-electron chi connectivity index (χ0n) is 13.9. The minimum absolute atomic E-state index is 0.0512. The second-order valence-corrected chi connectivity index (χ2v) is 5.72. The molecule has 0 bridgehead atoms. The molecule has 1 aromatic carbocycles. The first-order valence-corrected chi connectivity index (χ1v) is 7.78.